The Morgan fingerprint density at radius 2 is 2.30 bits per heavy atom. The van der Waals surface area contributed by atoms with Gasteiger partial charge in [-0.15, -0.1) is 0 Å². The van der Waals surface area contributed by atoms with E-state index in [4.69, 9.17) is 0 Å². The summed E-state index contributed by atoms with van der Waals surface area (Å²) in [6.07, 6.45) is 6.77. The molecule has 0 radical (unpaired) electrons. The summed E-state index contributed by atoms with van der Waals surface area (Å²) in [5.41, 5.74) is 1.43. The molecule has 3 rings (SSSR count). The largest absolute Gasteiger partial charge is 0.396 e. The molecule has 120 valence electrons. The molecule has 0 saturated carbocycles. The summed E-state index contributed by atoms with van der Waals surface area (Å²) in [5.74, 6) is 0.829. The number of aromatic nitrogens is 2. The second-order valence-corrected chi connectivity index (χ2v) is 5.74. The molecule has 1 aromatic carbocycles. The van der Waals surface area contributed by atoms with E-state index in [1.807, 2.05) is 29.2 Å². The number of nitrogens with zero attached hydrogens (tertiary/aromatic N) is 3. The number of rotatable bonds is 4. The van der Waals surface area contributed by atoms with E-state index in [1.165, 1.54) is 0 Å². The number of amides is 1. The number of hydrogen-bond donors (Lipinski definition) is 2. The number of piperidine rings is 1. The van der Waals surface area contributed by atoms with Crippen LogP contribution in [-0.4, -0.2) is 45.6 Å². The zero-order valence-electron chi connectivity index (χ0n) is 12.9. The summed E-state index contributed by atoms with van der Waals surface area (Å²) in [6.45, 7) is 1.51. The number of benzene rings is 1. The topological polar surface area (TPSA) is 78.4 Å². The summed E-state index contributed by atoms with van der Waals surface area (Å²) in [7, 11) is 0. The monoisotopic (exact) mass is 312 g/mol. The van der Waals surface area contributed by atoms with E-state index >= 15 is 0 Å². The first-order valence-electron chi connectivity index (χ1n) is 7.79. The number of hydrogen-bond acceptors (Lipinski definition) is 5. The smallest absolute Gasteiger partial charge is 0.253 e. The first-order valence-corrected chi connectivity index (χ1v) is 7.79. The molecule has 1 aliphatic rings. The summed E-state index contributed by atoms with van der Waals surface area (Å²) in [4.78, 5) is 22.6. The van der Waals surface area contributed by atoms with Crippen LogP contribution in [0.4, 0.5) is 11.5 Å². The third-order valence-electron chi connectivity index (χ3n) is 4.01. The molecular weight excluding hydrogens is 292 g/mol. The molecule has 1 amide bonds. The van der Waals surface area contributed by atoms with Gasteiger partial charge in [-0.25, -0.2) is 4.98 Å². The van der Waals surface area contributed by atoms with Crippen LogP contribution in [0.2, 0.25) is 0 Å². The summed E-state index contributed by atoms with van der Waals surface area (Å²) < 4.78 is 0. The molecule has 1 saturated heterocycles. The zero-order chi connectivity index (χ0) is 16.1. The molecule has 1 aromatic heterocycles. The molecule has 0 aliphatic carbocycles. The van der Waals surface area contributed by atoms with E-state index in [9.17, 15) is 9.90 Å². The molecule has 2 aromatic rings. The first-order chi connectivity index (χ1) is 11.3. The minimum atomic E-state index is 0.00551. The molecule has 1 atom stereocenters. The van der Waals surface area contributed by atoms with Gasteiger partial charge in [-0.05, 0) is 37.0 Å². The van der Waals surface area contributed by atoms with Gasteiger partial charge in [0.15, 0.2) is 0 Å². The van der Waals surface area contributed by atoms with Crippen molar-refractivity contribution in [1.29, 1.82) is 0 Å². The molecule has 1 aliphatic heterocycles. The minimum Gasteiger partial charge on any atom is -0.396 e. The van der Waals surface area contributed by atoms with Gasteiger partial charge in [-0.1, -0.05) is 6.07 Å². The van der Waals surface area contributed by atoms with Gasteiger partial charge in [0.2, 0.25) is 0 Å². The van der Waals surface area contributed by atoms with Crippen molar-refractivity contribution < 1.29 is 9.90 Å². The number of carbonyl (C=O) groups excluding carboxylic acids is 1. The van der Waals surface area contributed by atoms with Gasteiger partial charge in [-0.3, -0.25) is 9.78 Å². The molecule has 6 heteroatoms. The van der Waals surface area contributed by atoms with Crippen LogP contribution in [0.15, 0.2) is 42.9 Å². The van der Waals surface area contributed by atoms with Gasteiger partial charge >= 0.3 is 0 Å². The fraction of sp³-hybridized carbons (Fsp3) is 0.353. The number of likely N-dealkylation sites (tertiary alicyclic amines) is 1. The predicted molar refractivity (Wildman–Crippen MR) is 87.5 cm³/mol. The third kappa shape index (κ3) is 3.84. The van der Waals surface area contributed by atoms with Gasteiger partial charge in [0.05, 0.1) is 6.20 Å². The van der Waals surface area contributed by atoms with E-state index < -0.39 is 0 Å². The highest BCUT2D eigenvalue weighted by Gasteiger charge is 2.24. The number of aliphatic hydroxyl groups excluding tert-OH is 1. The fourth-order valence-corrected chi connectivity index (χ4v) is 2.82. The van der Waals surface area contributed by atoms with E-state index in [0.29, 0.717) is 17.9 Å². The molecule has 1 unspecified atom stereocenters. The third-order valence-corrected chi connectivity index (χ3v) is 4.01. The average Bonchev–Trinajstić information content (AvgIpc) is 2.62. The highest BCUT2D eigenvalue weighted by molar-refractivity contribution is 5.95. The molecule has 0 spiro atoms. The Hall–Kier alpha value is -2.47. The number of carbonyl (C=O) groups is 1. The Morgan fingerprint density at radius 3 is 3.09 bits per heavy atom. The van der Waals surface area contributed by atoms with Crippen LogP contribution in [0.3, 0.4) is 0 Å². The molecule has 0 bridgehead atoms. The van der Waals surface area contributed by atoms with Crippen molar-refractivity contribution in [2.24, 2.45) is 5.92 Å². The predicted octanol–water partition coefficient (Wildman–Crippen LogP) is 2.06. The van der Waals surface area contributed by atoms with Crippen LogP contribution >= 0.6 is 0 Å². The van der Waals surface area contributed by atoms with Crippen LogP contribution in [0, 0.1) is 5.92 Å². The molecular formula is C17H20N4O2. The number of aliphatic hydroxyl groups is 1. The van der Waals surface area contributed by atoms with Crippen LogP contribution in [-0.2, 0) is 0 Å². The van der Waals surface area contributed by atoms with Crippen LogP contribution < -0.4 is 5.32 Å². The lowest BCUT2D eigenvalue weighted by Crippen LogP contribution is -2.40. The Kier molecular flexibility index (Phi) is 4.83. The van der Waals surface area contributed by atoms with Gasteiger partial charge in [0, 0.05) is 43.3 Å². The maximum atomic E-state index is 12.7. The summed E-state index contributed by atoms with van der Waals surface area (Å²) in [6, 6.07) is 7.36. The first kappa shape index (κ1) is 15.4. The van der Waals surface area contributed by atoms with Crippen molar-refractivity contribution >= 4 is 17.4 Å². The van der Waals surface area contributed by atoms with Crippen molar-refractivity contribution in [3.63, 3.8) is 0 Å². The van der Waals surface area contributed by atoms with Crippen molar-refractivity contribution in [2.45, 2.75) is 12.8 Å². The second kappa shape index (κ2) is 7.19. The lowest BCUT2D eigenvalue weighted by atomic mass is 9.98. The van der Waals surface area contributed by atoms with Gasteiger partial charge in [0.25, 0.3) is 5.91 Å². The van der Waals surface area contributed by atoms with Crippen LogP contribution in [0.5, 0.6) is 0 Å². The van der Waals surface area contributed by atoms with E-state index in [2.05, 4.69) is 15.3 Å². The van der Waals surface area contributed by atoms with Crippen molar-refractivity contribution in [3.8, 4) is 0 Å². The summed E-state index contributed by atoms with van der Waals surface area (Å²) >= 11 is 0. The van der Waals surface area contributed by atoms with E-state index in [-0.39, 0.29) is 18.4 Å². The number of nitrogens with one attached hydrogen (secondary N) is 1. The second-order valence-electron chi connectivity index (χ2n) is 5.74. The molecule has 23 heavy (non-hydrogen) atoms. The Labute approximate surface area is 135 Å². The molecule has 6 nitrogen and oxygen atoms in total. The average molecular weight is 312 g/mol. The molecule has 2 heterocycles. The summed E-state index contributed by atoms with van der Waals surface area (Å²) in [5, 5.41) is 12.4. The van der Waals surface area contributed by atoms with Crippen molar-refractivity contribution in [2.75, 3.05) is 25.0 Å². The van der Waals surface area contributed by atoms with Gasteiger partial charge in [-0.2, -0.15) is 0 Å². The Balaban J connectivity index is 1.72. The highest BCUT2D eigenvalue weighted by atomic mass is 16.3. The van der Waals surface area contributed by atoms with Gasteiger partial charge < -0.3 is 15.3 Å². The van der Waals surface area contributed by atoms with Crippen molar-refractivity contribution in [1.82, 2.24) is 14.9 Å². The fourth-order valence-electron chi connectivity index (χ4n) is 2.82. The van der Waals surface area contributed by atoms with Crippen LogP contribution in [0.25, 0.3) is 0 Å². The van der Waals surface area contributed by atoms with Gasteiger partial charge in [0.1, 0.15) is 5.82 Å². The lowest BCUT2D eigenvalue weighted by molar-refractivity contribution is 0.0621. The normalized spacial score (nSPS) is 17.8. The maximum Gasteiger partial charge on any atom is 0.253 e. The SMILES string of the molecule is O=C(c1cccc(Nc2cnccn2)c1)N1CCCC(CO)C1. The van der Waals surface area contributed by atoms with E-state index in [1.54, 1.807) is 18.6 Å². The zero-order valence-corrected chi connectivity index (χ0v) is 12.9. The number of anilines is 2. The van der Waals surface area contributed by atoms with Crippen LogP contribution in [0.1, 0.15) is 23.2 Å². The lowest BCUT2D eigenvalue weighted by Gasteiger charge is -2.32. The molecule has 2 N–H and O–H groups in total. The van der Waals surface area contributed by atoms with E-state index in [0.717, 1.165) is 25.1 Å². The molecule has 1 fully saturated rings. The standard InChI is InChI=1S/C17H20N4O2/c22-12-13-3-2-8-21(11-13)17(23)14-4-1-5-15(9-14)20-16-10-18-6-7-19-16/h1,4-7,9-10,13,22H,2-3,8,11-12H2,(H,19,20). The Bertz CT molecular complexity index is 663. The Morgan fingerprint density at radius 1 is 1.39 bits per heavy atom. The highest BCUT2D eigenvalue weighted by Crippen LogP contribution is 2.20. The van der Waals surface area contributed by atoms with Crippen molar-refractivity contribution in [3.05, 3.63) is 48.4 Å². The maximum absolute atomic E-state index is 12.7. The quantitative estimate of drug-likeness (QED) is 0.903. The minimum absolute atomic E-state index is 0.00551.